The van der Waals surface area contributed by atoms with Crippen molar-refractivity contribution >= 4 is 27.7 Å². The number of nitrogens with one attached hydrogen (secondary N) is 2. The second-order valence-electron chi connectivity index (χ2n) is 5.52. The van der Waals surface area contributed by atoms with E-state index >= 15 is 0 Å². The minimum atomic E-state index is -3.19. The highest BCUT2D eigenvalue weighted by Gasteiger charge is 2.15. The molecule has 136 valence electrons. The molecule has 0 aliphatic carbocycles. The van der Waals surface area contributed by atoms with Gasteiger partial charge in [-0.15, -0.1) is 0 Å². The van der Waals surface area contributed by atoms with Gasteiger partial charge in [0.25, 0.3) is 0 Å². The van der Waals surface area contributed by atoms with Crippen LogP contribution in [0.4, 0.5) is 4.79 Å². The Balaban J connectivity index is 2.42. The van der Waals surface area contributed by atoms with E-state index in [-0.39, 0.29) is 12.1 Å². The maximum Gasteiger partial charge on any atom is 0.315 e. The van der Waals surface area contributed by atoms with Crippen LogP contribution >= 0.6 is 11.6 Å². The number of amides is 2. The molecule has 0 aliphatic rings. The van der Waals surface area contributed by atoms with Gasteiger partial charge in [-0.25, -0.2) is 17.5 Å². The second kappa shape index (κ2) is 9.86. The summed E-state index contributed by atoms with van der Waals surface area (Å²) in [7, 11) is -3.19. The first-order valence-electron chi connectivity index (χ1n) is 8.02. The van der Waals surface area contributed by atoms with Crippen LogP contribution in [-0.2, 0) is 10.0 Å². The van der Waals surface area contributed by atoms with Crippen molar-refractivity contribution in [3.63, 3.8) is 0 Å². The van der Waals surface area contributed by atoms with Crippen LogP contribution in [0.1, 0.15) is 38.3 Å². The van der Waals surface area contributed by atoms with E-state index < -0.39 is 10.0 Å². The second-order valence-corrected chi connectivity index (χ2v) is 7.94. The summed E-state index contributed by atoms with van der Waals surface area (Å²) in [5, 5.41) is 6.29. The minimum absolute atomic E-state index is 0.119. The lowest BCUT2D eigenvalue weighted by Gasteiger charge is -2.19. The molecule has 1 rings (SSSR count). The van der Waals surface area contributed by atoms with Crippen molar-refractivity contribution < 1.29 is 13.2 Å². The van der Waals surface area contributed by atoms with E-state index in [4.69, 9.17) is 11.6 Å². The molecule has 6 nitrogen and oxygen atoms in total. The molecule has 0 saturated heterocycles. The van der Waals surface area contributed by atoms with E-state index in [0.29, 0.717) is 31.1 Å². The molecule has 0 bridgehead atoms. The summed E-state index contributed by atoms with van der Waals surface area (Å²) in [6.07, 6.45) is 2.49. The normalized spacial score (nSPS) is 12.9. The van der Waals surface area contributed by atoms with Crippen molar-refractivity contribution in [2.24, 2.45) is 0 Å². The molecule has 24 heavy (non-hydrogen) atoms. The first-order valence-corrected chi connectivity index (χ1v) is 10.3. The Morgan fingerprint density at radius 1 is 1.33 bits per heavy atom. The lowest BCUT2D eigenvalue weighted by atomic mass is 10.1. The van der Waals surface area contributed by atoms with Gasteiger partial charge in [-0.1, -0.05) is 37.6 Å². The van der Waals surface area contributed by atoms with Crippen LogP contribution in [0.5, 0.6) is 0 Å². The zero-order chi connectivity index (χ0) is 18.2. The van der Waals surface area contributed by atoms with Gasteiger partial charge in [-0.05, 0) is 30.5 Å². The van der Waals surface area contributed by atoms with E-state index in [2.05, 4.69) is 10.6 Å². The van der Waals surface area contributed by atoms with Gasteiger partial charge in [0.2, 0.25) is 10.0 Å². The van der Waals surface area contributed by atoms with Crippen LogP contribution in [-0.4, -0.2) is 44.6 Å². The summed E-state index contributed by atoms with van der Waals surface area (Å²) in [6.45, 7) is 5.00. The first kappa shape index (κ1) is 20.7. The molecular weight excluding hydrogens is 350 g/mol. The maximum atomic E-state index is 12.0. The van der Waals surface area contributed by atoms with Crippen molar-refractivity contribution in [2.75, 3.05) is 25.9 Å². The molecule has 1 unspecified atom stereocenters. The zero-order valence-electron chi connectivity index (χ0n) is 14.4. The number of hydrogen-bond acceptors (Lipinski definition) is 3. The molecule has 2 N–H and O–H groups in total. The predicted octanol–water partition coefficient (Wildman–Crippen LogP) is 2.76. The molecule has 0 radical (unpaired) electrons. The smallest absolute Gasteiger partial charge is 0.315 e. The molecule has 0 fully saturated rings. The van der Waals surface area contributed by atoms with E-state index in [1.807, 2.05) is 25.1 Å². The fourth-order valence-electron chi connectivity index (χ4n) is 2.37. The largest absolute Gasteiger partial charge is 0.338 e. The number of carbonyl (C=O) groups excluding carboxylic acids is 1. The number of benzene rings is 1. The number of hydrogen-bond donors (Lipinski definition) is 2. The number of nitrogens with zero attached hydrogens (tertiary/aromatic N) is 1. The minimum Gasteiger partial charge on any atom is -0.338 e. The van der Waals surface area contributed by atoms with Gasteiger partial charge in [0.1, 0.15) is 0 Å². The Bertz CT molecular complexity index is 637. The summed E-state index contributed by atoms with van der Waals surface area (Å²) < 4.78 is 24.3. The molecule has 8 heteroatoms. The van der Waals surface area contributed by atoms with Gasteiger partial charge >= 0.3 is 6.03 Å². The number of sulfonamides is 1. The number of rotatable bonds is 9. The average Bonchev–Trinajstić information content (AvgIpc) is 2.51. The summed E-state index contributed by atoms with van der Waals surface area (Å²) in [5.74, 6) is 0. The Kier molecular flexibility index (Phi) is 8.52. The molecule has 0 heterocycles. The van der Waals surface area contributed by atoms with Crippen LogP contribution in [0.2, 0.25) is 5.02 Å². The van der Waals surface area contributed by atoms with Crippen LogP contribution in [0.3, 0.4) is 0 Å². The summed E-state index contributed by atoms with van der Waals surface area (Å²) in [6, 6.07) is 7.01. The highest BCUT2D eigenvalue weighted by Crippen LogP contribution is 2.20. The maximum absolute atomic E-state index is 12.0. The van der Waals surface area contributed by atoms with E-state index in [1.54, 1.807) is 13.0 Å². The fraction of sp³-hybridized carbons (Fsp3) is 0.562. The zero-order valence-corrected chi connectivity index (χ0v) is 16.0. The van der Waals surface area contributed by atoms with Crippen molar-refractivity contribution in [1.29, 1.82) is 0 Å². The molecule has 1 aromatic rings. The molecule has 0 spiro atoms. The van der Waals surface area contributed by atoms with Gasteiger partial charge in [0.05, 0.1) is 12.3 Å². The standard InChI is InChI=1S/C16H26ClN3O3S/c1-4-15(13-8-6-9-14(17)12-13)19-16(21)18-10-7-11-20(5-2)24(3,22)23/h6,8-9,12,15H,4-5,7,10-11H2,1-3H3,(H2,18,19,21). The van der Waals surface area contributed by atoms with Gasteiger partial charge in [-0.2, -0.15) is 0 Å². The molecule has 1 atom stereocenters. The molecule has 0 aliphatic heterocycles. The van der Waals surface area contributed by atoms with Crippen LogP contribution in [0.15, 0.2) is 24.3 Å². The van der Waals surface area contributed by atoms with Gasteiger partial charge < -0.3 is 10.6 Å². The summed E-state index contributed by atoms with van der Waals surface area (Å²) in [5.41, 5.74) is 0.953. The van der Waals surface area contributed by atoms with Crippen LogP contribution < -0.4 is 10.6 Å². The lowest BCUT2D eigenvalue weighted by Crippen LogP contribution is -2.39. The SMILES string of the molecule is CCC(NC(=O)NCCCN(CC)S(C)(=O)=O)c1cccc(Cl)c1. The summed E-state index contributed by atoms with van der Waals surface area (Å²) in [4.78, 5) is 12.0. The monoisotopic (exact) mass is 375 g/mol. The van der Waals surface area contributed by atoms with E-state index in [1.165, 1.54) is 10.6 Å². The lowest BCUT2D eigenvalue weighted by molar-refractivity contribution is 0.236. The predicted molar refractivity (Wildman–Crippen MR) is 97.7 cm³/mol. The van der Waals surface area contributed by atoms with Gasteiger partial charge in [-0.3, -0.25) is 0 Å². The number of halogens is 1. The quantitative estimate of drug-likeness (QED) is 0.651. The third-order valence-corrected chi connectivity index (χ3v) is 5.27. The Hall–Kier alpha value is -1.31. The Labute approximate surface area is 149 Å². The topological polar surface area (TPSA) is 78.5 Å². The Morgan fingerprint density at radius 3 is 2.58 bits per heavy atom. The third kappa shape index (κ3) is 7.07. The highest BCUT2D eigenvalue weighted by molar-refractivity contribution is 7.88. The number of carbonyl (C=O) groups is 1. The number of urea groups is 1. The van der Waals surface area contributed by atoms with Crippen LogP contribution in [0.25, 0.3) is 0 Å². The van der Waals surface area contributed by atoms with Crippen molar-refractivity contribution in [3.05, 3.63) is 34.9 Å². The Morgan fingerprint density at radius 2 is 2.04 bits per heavy atom. The molecular formula is C16H26ClN3O3S. The average molecular weight is 376 g/mol. The van der Waals surface area contributed by atoms with Crippen molar-refractivity contribution in [3.8, 4) is 0 Å². The molecule has 1 aromatic carbocycles. The van der Waals surface area contributed by atoms with Gasteiger partial charge in [0.15, 0.2) is 0 Å². The van der Waals surface area contributed by atoms with Crippen molar-refractivity contribution in [1.82, 2.24) is 14.9 Å². The first-order chi connectivity index (χ1) is 11.3. The van der Waals surface area contributed by atoms with E-state index in [9.17, 15) is 13.2 Å². The summed E-state index contributed by atoms with van der Waals surface area (Å²) >= 11 is 5.98. The fourth-order valence-corrected chi connectivity index (χ4v) is 3.50. The molecule has 2 amide bonds. The van der Waals surface area contributed by atoms with E-state index in [0.717, 1.165) is 12.0 Å². The van der Waals surface area contributed by atoms with Crippen LogP contribution in [0, 0.1) is 0 Å². The molecule has 0 aromatic heterocycles. The van der Waals surface area contributed by atoms with Gasteiger partial charge in [0, 0.05) is 24.7 Å². The molecule has 0 saturated carbocycles. The highest BCUT2D eigenvalue weighted by atomic mass is 35.5. The van der Waals surface area contributed by atoms with Crippen molar-refractivity contribution in [2.45, 2.75) is 32.7 Å². The third-order valence-electron chi connectivity index (χ3n) is 3.66.